The standard InChI is InChI=1S/C18H17ClN4O2S/c1-22-15-13(17(24)23(2)18(22)25)16(21-14(20-15)10-7-8-10)26-9-11-5-3-4-6-12(11)19/h3-6,10H,7-9H2,1-2H3. The highest BCUT2D eigenvalue weighted by Crippen LogP contribution is 2.39. The first-order chi connectivity index (χ1) is 12.5. The Balaban J connectivity index is 1.88. The van der Waals surface area contributed by atoms with Crippen LogP contribution in [-0.4, -0.2) is 19.1 Å². The quantitative estimate of drug-likeness (QED) is 0.507. The number of fused-ring (bicyclic) bond motifs is 1. The smallest absolute Gasteiger partial charge is 0.280 e. The minimum absolute atomic E-state index is 0.318. The average molecular weight is 389 g/mol. The highest BCUT2D eigenvalue weighted by atomic mass is 35.5. The maximum absolute atomic E-state index is 12.7. The van der Waals surface area contributed by atoms with Crippen LogP contribution < -0.4 is 11.2 Å². The van der Waals surface area contributed by atoms with Crippen molar-refractivity contribution in [3.05, 3.63) is 61.5 Å². The van der Waals surface area contributed by atoms with Gasteiger partial charge in [-0.2, -0.15) is 0 Å². The molecule has 134 valence electrons. The number of halogens is 1. The summed E-state index contributed by atoms with van der Waals surface area (Å²) in [6.07, 6.45) is 2.08. The molecule has 6 nitrogen and oxygen atoms in total. The van der Waals surface area contributed by atoms with Crippen molar-refractivity contribution in [2.45, 2.75) is 29.5 Å². The number of aromatic nitrogens is 4. The Morgan fingerprint density at radius 3 is 2.58 bits per heavy atom. The zero-order valence-corrected chi connectivity index (χ0v) is 16.0. The molecule has 0 saturated heterocycles. The van der Waals surface area contributed by atoms with E-state index in [4.69, 9.17) is 11.6 Å². The van der Waals surface area contributed by atoms with E-state index in [1.807, 2.05) is 24.3 Å². The summed E-state index contributed by atoms with van der Waals surface area (Å²) in [5.74, 6) is 1.61. The van der Waals surface area contributed by atoms with Crippen molar-refractivity contribution in [1.82, 2.24) is 19.1 Å². The van der Waals surface area contributed by atoms with Gasteiger partial charge in [0, 0.05) is 30.8 Å². The van der Waals surface area contributed by atoms with Crippen LogP contribution in [0.1, 0.15) is 30.1 Å². The molecule has 8 heteroatoms. The van der Waals surface area contributed by atoms with Gasteiger partial charge in [0.05, 0.1) is 0 Å². The maximum Gasteiger partial charge on any atom is 0.332 e. The fourth-order valence-corrected chi connectivity index (χ4v) is 4.14. The number of hydrogen-bond donors (Lipinski definition) is 0. The van der Waals surface area contributed by atoms with Crippen molar-refractivity contribution >= 4 is 34.4 Å². The molecule has 1 fully saturated rings. The SMILES string of the molecule is Cn1c(=O)c2c(SCc3ccccc3Cl)nc(C3CC3)nc2n(C)c1=O. The Labute approximate surface area is 158 Å². The number of nitrogens with zero attached hydrogens (tertiary/aromatic N) is 4. The van der Waals surface area contributed by atoms with Crippen LogP contribution >= 0.6 is 23.4 Å². The summed E-state index contributed by atoms with van der Waals surface area (Å²) in [7, 11) is 3.11. The van der Waals surface area contributed by atoms with Crippen LogP contribution in [0.2, 0.25) is 5.02 Å². The van der Waals surface area contributed by atoms with Crippen LogP contribution in [0.3, 0.4) is 0 Å². The fourth-order valence-electron chi connectivity index (χ4n) is 2.84. The average Bonchev–Trinajstić information content (AvgIpc) is 3.48. The molecular weight excluding hydrogens is 372 g/mol. The predicted octanol–water partition coefficient (Wildman–Crippen LogP) is 2.85. The molecule has 2 heterocycles. The lowest BCUT2D eigenvalue weighted by Gasteiger charge is -2.12. The van der Waals surface area contributed by atoms with Crippen LogP contribution in [0.15, 0.2) is 38.9 Å². The summed E-state index contributed by atoms with van der Waals surface area (Å²) >= 11 is 7.70. The van der Waals surface area contributed by atoms with Crippen molar-refractivity contribution in [2.75, 3.05) is 0 Å². The van der Waals surface area contributed by atoms with Gasteiger partial charge in [0.25, 0.3) is 5.56 Å². The van der Waals surface area contributed by atoms with Crippen LogP contribution in [0.4, 0.5) is 0 Å². The number of aryl methyl sites for hydroxylation is 1. The molecule has 0 radical (unpaired) electrons. The van der Waals surface area contributed by atoms with Gasteiger partial charge in [-0.1, -0.05) is 29.8 Å². The summed E-state index contributed by atoms with van der Waals surface area (Å²) in [4.78, 5) is 34.2. The van der Waals surface area contributed by atoms with Crippen molar-refractivity contribution < 1.29 is 0 Å². The molecule has 0 bridgehead atoms. The van der Waals surface area contributed by atoms with Gasteiger partial charge in [0.15, 0.2) is 5.65 Å². The largest absolute Gasteiger partial charge is 0.332 e. The summed E-state index contributed by atoms with van der Waals surface area (Å²) in [6, 6.07) is 7.60. The van der Waals surface area contributed by atoms with E-state index in [2.05, 4.69) is 9.97 Å². The van der Waals surface area contributed by atoms with E-state index >= 15 is 0 Å². The predicted molar refractivity (Wildman–Crippen MR) is 103 cm³/mol. The fraction of sp³-hybridized carbons (Fsp3) is 0.333. The second-order valence-corrected chi connectivity index (χ2v) is 7.82. The molecule has 0 amide bonds. The van der Waals surface area contributed by atoms with E-state index in [-0.39, 0.29) is 11.2 Å². The highest BCUT2D eigenvalue weighted by Gasteiger charge is 2.29. The van der Waals surface area contributed by atoms with Crippen LogP contribution in [0, 0.1) is 0 Å². The van der Waals surface area contributed by atoms with Gasteiger partial charge in [-0.25, -0.2) is 14.8 Å². The zero-order chi connectivity index (χ0) is 18.4. The van der Waals surface area contributed by atoms with E-state index in [1.54, 1.807) is 7.05 Å². The minimum atomic E-state index is -0.384. The first-order valence-corrected chi connectivity index (χ1v) is 9.67. The Morgan fingerprint density at radius 1 is 1.15 bits per heavy atom. The van der Waals surface area contributed by atoms with Gasteiger partial charge < -0.3 is 0 Å². The molecule has 1 saturated carbocycles. The number of hydrogen-bond acceptors (Lipinski definition) is 5. The van der Waals surface area contributed by atoms with Crippen molar-refractivity contribution in [1.29, 1.82) is 0 Å². The third-order valence-corrected chi connectivity index (χ3v) is 5.94. The van der Waals surface area contributed by atoms with E-state index in [1.165, 1.54) is 23.4 Å². The van der Waals surface area contributed by atoms with Gasteiger partial charge in [-0.15, -0.1) is 11.8 Å². The lowest BCUT2D eigenvalue weighted by atomic mass is 10.2. The maximum atomic E-state index is 12.7. The Kier molecular flexibility index (Phi) is 4.36. The monoisotopic (exact) mass is 388 g/mol. The molecule has 1 aliphatic rings. The summed E-state index contributed by atoms with van der Waals surface area (Å²) < 4.78 is 2.52. The second-order valence-electron chi connectivity index (χ2n) is 6.45. The number of thioether (sulfide) groups is 1. The third kappa shape index (κ3) is 2.95. The van der Waals surface area contributed by atoms with Gasteiger partial charge in [0.2, 0.25) is 0 Å². The highest BCUT2D eigenvalue weighted by molar-refractivity contribution is 7.98. The first kappa shape index (κ1) is 17.3. The topological polar surface area (TPSA) is 69.8 Å². The molecule has 0 aliphatic heterocycles. The number of rotatable bonds is 4. The van der Waals surface area contributed by atoms with Crippen LogP contribution in [0.25, 0.3) is 11.0 Å². The Bertz CT molecular complexity index is 1130. The minimum Gasteiger partial charge on any atom is -0.280 e. The normalized spacial score (nSPS) is 14.1. The summed E-state index contributed by atoms with van der Waals surface area (Å²) in [5, 5.41) is 1.67. The van der Waals surface area contributed by atoms with E-state index < -0.39 is 0 Å². The van der Waals surface area contributed by atoms with Crippen LogP contribution in [-0.2, 0) is 19.8 Å². The van der Waals surface area contributed by atoms with Crippen molar-refractivity contribution in [2.24, 2.45) is 14.1 Å². The van der Waals surface area contributed by atoms with Gasteiger partial charge in [-0.3, -0.25) is 13.9 Å². The molecule has 3 aromatic rings. The van der Waals surface area contributed by atoms with Gasteiger partial charge in [0.1, 0.15) is 16.2 Å². The van der Waals surface area contributed by atoms with Crippen molar-refractivity contribution in [3.8, 4) is 0 Å². The molecule has 1 aromatic carbocycles. The van der Waals surface area contributed by atoms with E-state index in [9.17, 15) is 9.59 Å². The molecule has 4 rings (SSSR count). The van der Waals surface area contributed by atoms with Gasteiger partial charge >= 0.3 is 5.69 Å². The van der Waals surface area contributed by atoms with Gasteiger partial charge in [-0.05, 0) is 24.5 Å². The number of benzene rings is 1. The third-order valence-electron chi connectivity index (χ3n) is 4.55. The Hall–Kier alpha value is -2.12. The molecule has 26 heavy (non-hydrogen) atoms. The first-order valence-electron chi connectivity index (χ1n) is 8.31. The van der Waals surface area contributed by atoms with E-state index in [0.29, 0.717) is 38.6 Å². The lowest BCUT2D eigenvalue weighted by molar-refractivity contribution is 0.698. The second kappa shape index (κ2) is 6.55. The molecule has 1 aliphatic carbocycles. The summed E-state index contributed by atoms with van der Waals surface area (Å²) in [6.45, 7) is 0. The van der Waals surface area contributed by atoms with E-state index in [0.717, 1.165) is 23.0 Å². The van der Waals surface area contributed by atoms with Crippen molar-refractivity contribution in [3.63, 3.8) is 0 Å². The molecule has 0 spiro atoms. The molecule has 0 N–H and O–H groups in total. The lowest BCUT2D eigenvalue weighted by Crippen LogP contribution is -2.37. The Morgan fingerprint density at radius 2 is 1.88 bits per heavy atom. The van der Waals surface area contributed by atoms with Crippen LogP contribution in [0.5, 0.6) is 0 Å². The zero-order valence-electron chi connectivity index (χ0n) is 14.4. The summed E-state index contributed by atoms with van der Waals surface area (Å²) in [5.41, 5.74) is 0.620. The molecule has 0 unspecified atom stereocenters. The molecular formula is C18H17ClN4O2S. The molecule has 0 atom stereocenters. The molecule has 2 aromatic heterocycles.